The van der Waals surface area contributed by atoms with E-state index >= 15 is 0 Å². The van der Waals surface area contributed by atoms with Gasteiger partial charge in [-0.25, -0.2) is 4.79 Å². The van der Waals surface area contributed by atoms with Crippen LogP contribution in [0.3, 0.4) is 0 Å². The predicted octanol–water partition coefficient (Wildman–Crippen LogP) is 2.60. The van der Waals surface area contributed by atoms with Crippen molar-refractivity contribution in [3.05, 3.63) is 59.7 Å². The molecule has 2 amide bonds. The number of hydrogen-bond donors (Lipinski definition) is 2. The number of esters is 1. The van der Waals surface area contributed by atoms with Gasteiger partial charge in [-0.2, -0.15) is 0 Å². The number of ether oxygens (including phenoxy) is 2. The van der Waals surface area contributed by atoms with Gasteiger partial charge in [0.05, 0.1) is 5.57 Å². The smallest absolute Gasteiger partial charge is 0.338 e. The molecule has 0 unspecified atom stereocenters. The van der Waals surface area contributed by atoms with Crippen molar-refractivity contribution in [2.24, 2.45) is 0 Å². The lowest BCUT2D eigenvalue weighted by Crippen LogP contribution is -2.23. The number of nitrogens with one attached hydrogen (secondary N) is 2. The Labute approximate surface area is 156 Å². The van der Waals surface area contributed by atoms with E-state index in [1.807, 2.05) is 24.3 Å². The van der Waals surface area contributed by atoms with Crippen LogP contribution in [-0.4, -0.2) is 31.0 Å². The topological polar surface area (TPSA) is 93.7 Å². The van der Waals surface area contributed by atoms with Gasteiger partial charge in [-0.3, -0.25) is 9.59 Å². The Hall–Kier alpha value is -3.61. The van der Waals surface area contributed by atoms with Gasteiger partial charge in [0.1, 0.15) is 12.4 Å². The lowest BCUT2D eigenvalue weighted by atomic mass is 10.1. The first-order chi connectivity index (χ1) is 13.0. The number of para-hydroxylation sites is 1. The van der Waals surface area contributed by atoms with Gasteiger partial charge in [-0.1, -0.05) is 18.2 Å². The summed E-state index contributed by atoms with van der Waals surface area (Å²) in [6, 6.07) is 13.9. The summed E-state index contributed by atoms with van der Waals surface area (Å²) in [6.07, 6.45) is 1.69. The molecule has 7 heteroatoms. The molecule has 0 aromatic heterocycles. The average molecular weight is 366 g/mol. The van der Waals surface area contributed by atoms with Crippen molar-refractivity contribution in [2.45, 2.75) is 6.92 Å². The van der Waals surface area contributed by atoms with E-state index in [0.29, 0.717) is 22.7 Å². The van der Waals surface area contributed by atoms with Gasteiger partial charge in [0.25, 0.3) is 5.91 Å². The van der Waals surface area contributed by atoms with E-state index in [2.05, 4.69) is 10.6 Å². The van der Waals surface area contributed by atoms with Crippen LogP contribution in [0.1, 0.15) is 12.5 Å². The van der Waals surface area contributed by atoms with Crippen LogP contribution >= 0.6 is 0 Å². The van der Waals surface area contributed by atoms with Crippen LogP contribution in [0.25, 0.3) is 6.08 Å². The van der Waals surface area contributed by atoms with Crippen LogP contribution in [-0.2, 0) is 19.1 Å². The maximum absolute atomic E-state index is 12.1. The van der Waals surface area contributed by atoms with Crippen molar-refractivity contribution in [2.75, 3.05) is 23.8 Å². The summed E-state index contributed by atoms with van der Waals surface area (Å²) in [5, 5.41) is 5.25. The summed E-state index contributed by atoms with van der Waals surface area (Å²) in [4.78, 5) is 35.1. The van der Waals surface area contributed by atoms with Crippen LogP contribution in [0.5, 0.6) is 5.75 Å². The van der Waals surface area contributed by atoms with Gasteiger partial charge in [0, 0.05) is 23.9 Å². The first-order valence-corrected chi connectivity index (χ1v) is 8.28. The highest BCUT2D eigenvalue weighted by Gasteiger charge is 2.19. The molecular weight excluding hydrogens is 348 g/mol. The second kappa shape index (κ2) is 8.18. The molecule has 3 rings (SSSR count). The highest BCUT2D eigenvalue weighted by Crippen LogP contribution is 2.26. The van der Waals surface area contributed by atoms with E-state index in [4.69, 9.17) is 9.47 Å². The fraction of sp³-hybridized carbons (Fsp3) is 0.150. The Kier molecular flexibility index (Phi) is 5.51. The second-order valence-corrected chi connectivity index (χ2v) is 5.88. The number of amides is 2. The quantitative estimate of drug-likeness (QED) is 0.794. The van der Waals surface area contributed by atoms with Gasteiger partial charge >= 0.3 is 5.97 Å². The van der Waals surface area contributed by atoms with Crippen LogP contribution in [0.4, 0.5) is 11.4 Å². The molecule has 2 aromatic carbocycles. The minimum Gasteiger partial charge on any atom is -0.488 e. The number of carbonyl (C=O) groups is 3. The zero-order chi connectivity index (χ0) is 19.2. The van der Waals surface area contributed by atoms with Crippen LogP contribution in [0, 0.1) is 0 Å². The lowest BCUT2D eigenvalue weighted by Gasteiger charge is -2.16. The Morgan fingerprint density at radius 1 is 1.00 bits per heavy atom. The molecule has 0 radical (unpaired) electrons. The Morgan fingerprint density at radius 3 is 2.37 bits per heavy atom. The molecule has 1 heterocycles. The summed E-state index contributed by atoms with van der Waals surface area (Å²) >= 11 is 0. The first-order valence-electron chi connectivity index (χ1n) is 8.28. The maximum Gasteiger partial charge on any atom is 0.338 e. The predicted molar refractivity (Wildman–Crippen MR) is 100 cm³/mol. The number of benzene rings is 2. The van der Waals surface area contributed by atoms with E-state index in [-0.39, 0.29) is 12.5 Å². The fourth-order valence-corrected chi connectivity index (χ4v) is 2.49. The molecule has 0 saturated carbocycles. The number of rotatable bonds is 5. The fourth-order valence-electron chi connectivity index (χ4n) is 2.49. The Morgan fingerprint density at radius 2 is 1.67 bits per heavy atom. The lowest BCUT2D eigenvalue weighted by molar-refractivity contribution is -0.143. The van der Waals surface area contributed by atoms with E-state index in [1.54, 1.807) is 30.3 Å². The third kappa shape index (κ3) is 4.94. The molecule has 0 atom stereocenters. The van der Waals surface area contributed by atoms with Crippen LogP contribution in [0.2, 0.25) is 0 Å². The molecule has 0 aliphatic carbocycles. The summed E-state index contributed by atoms with van der Waals surface area (Å²) < 4.78 is 10.5. The van der Waals surface area contributed by atoms with Crippen LogP contribution in [0.15, 0.2) is 54.1 Å². The minimum atomic E-state index is -0.597. The van der Waals surface area contributed by atoms with Crippen molar-refractivity contribution in [3.63, 3.8) is 0 Å². The van der Waals surface area contributed by atoms with E-state index in [0.717, 1.165) is 5.56 Å². The normalized spacial score (nSPS) is 12.1. The highest BCUT2D eigenvalue weighted by molar-refractivity contribution is 5.98. The Bertz CT molecular complexity index is 903. The molecule has 1 aliphatic rings. The van der Waals surface area contributed by atoms with E-state index in [9.17, 15) is 14.4 Å². The monoisotopic (exact) mass is 366 g/mol. The van der Waals surface area contributed by atoms with Gasteiger partial charge in [-0.05, 0) is 36.4 Å². The van der Waals surface area contributed by atoms with E-state index < -0.39 is 18.5 Å². The molecule has 0 spiro atoms. The standard InChI is InChI=1S/C20H18N2O5/c1-13(23)21-16-6-8-17(9-7-16)22-19(24)12-27-20(25)15-10-14-4-2-3-5-18(14)26-11-15/h2-10H,11-12H2,1H3,(H,21,23)(H,22,24). The number of carbonyl (C=O) groups excluding carboxylic acids is 3. The summed E-state index contributed by atoms with van der Waals surface area (Å²) in [7, 11) is 0. The summed E-state index contributed by atoms with van der Waals surface area (Å²) in [5.74, 6) is -0.536. The van der Waals surface area contributed by atoms with Crippen molar-refractivity contribution >= 4 is 35.2 Å². The molecule has 0 saturated heterocycles. The van der Waals surface area contributed by atoms with Crippen molar-refractivity contribution < 1.29 is 23.9 Å². The summed E-state index contributed by atoms with van der Waals surface area (Å²) in [6.45, 7) is 1.10. The number of anilines is 2. The Balaban J connectivity index is 1.51. The van der Waals surface area contributed by atoms with Crippen molar-refractivity contribution in [1.82, 2.24) is 0 Å². The van der Waals surface area contributed by atoms with Crippen LogP contribution < -0.4 is 15.4 Å². The molecule has 138 valence electrons. The molecular formula is C20H18N2O5. The maximum atomic E-state index is 12.1. The van der Waals surface area contributed by atoms with Gasteiger partial charge in [-0.15, -0.1) is 0 Å². The van der Waals surface area contributed by atoms with Crippen molar-refractivity contribution in [3.8, 4) is 5.75 Å². The zero-order valence-corrected chi connectivity index (χ0v) is 14.7. The van der Waals surface area contributed by atoms with E-state index in [1.165, 1.54) is 6.92 Å². The van der Waals surface area contributed by atoms with Crippen molar-refractivity contribution in [1.29, 1.82) is 0 Å². The highest BCUT2D eigenvalue weighted by atomic mass is 16.5. The second-order valence-electron chi connectivity index (χ2n) is 5.88. The molecule has 0 fully saturated rings. The SMILES string of the molecule is CC(=O)Nc1ccc(NC(=O)COC(=O)C2=Cc3ccccc3OC2)cc1. The third-order valence-electron chi connectivity index (χ3n) is 3.72. The minimum absolute atomic E-state index is 0.0993. The largest absolute Gasteiger partial charge is 0.488 e. The van der Waals surface area contributed by atoms with Gasteiger partial charge in [0.2, 0.25) is 5.91 Å². The first kappa shape index (κ1) is 18.2. The molecule has 27 heavy (non-hydrogen) atoms. The van der Waals surface area contributed by atoms with Gasteiger partial charge < -0.3 is 20.1 Å². The molecule has 2 N–H and O–H groups in total. The molecule has 7 nitrogen and oxygen atoms in total. The number of fused-ring (bicyclic) bond motifs is 1. The molecule has 1 aliphatic heterocycles. The number of hydrogen-bond acceptors (Lipinski definition) is 5. The summed E-state index contributed by atoms with van der Waals surface area (Å²) in [5.41, 5.74) is 2.29. The molecule has 2 aromatic rings. The average Bonchev–Trinajstić information content (AvgIpc) is 2.67. The zero-order valence-electron chi connectivity index (χ0n) is 14.7. The van der Waals surface area contributed by atoms with Gasteiger partial charge in [0.15, 0.2) is 6.61 Å². The molecule has 0 bridgehead atoms. The third-order valence-corrected chi connectivity index (χ3v) is 3.72.